The molecule has 55 heavy (non-hydrogen) atoms. The molecule has 0 saturated heterocycles. The molecule has 0 fully saturated rings. The van der Waals surface area contributed by atoms with Gasteiger partial charge in [0.1, 0.15) is 17.2 Å². The van der Waals surface area contributed by atoms with Crippen molar-refractivity contribution in [2.45, 2.75) is 215 Å². The number of hydrogen-bond donors (Lipinski definition) is 0. The van der Waals surface area contributed by atoms with Gasteiger partial charge >= 0.3 is 8.60 Å². The van der Waals surface area contributed by atoms with Gasteiger partial charge in [0, 0.05) is 16.7 Å². The monoisotopic (exact) mass is 773 g/mol. The maximum atomic E-state index is 7.11. The molecule has 0 N–H and O–H groups in total. The van der Waals surface area contributed by atoms with Crippen LogP contribution in [-0.2, 0) is 32.5 Å². The fourth-order valence-corrected chi connectivity index (χ4v) is 9.31. The maximum absolute atomic E-state index is 7.11. The average Bonchev–Trinajstić information content (AvgIpc) is 3.10. The van der Waals surface area contributed by atoms with Crippen molar-refractivity contribution in [1.29, 1.82) is 0 Å². The summed E-state index contributed by atoms with van der Waals surface area (Å²) in [5.41, 5.74) is 7.48. The topological polar surface area (TPSA) is 27.7 Å². The first-order valence-electron chi connectivity index (χ1n) is 21.7. The highest BCUT2D eigenvalue weighted by Crippen LogP contribution is 2.51. The van der Waals surface area contributed by atoms with Gasteiger partial charge in [-0.3, -0.25) is 0 Å². The fraction of sp³-hybridized carbons (Fsp3) is 0.647. The van der Waals surface area contributed by atoms with E-state index in [1.54, 1.807) is 0 Å². The lowest BCUT2D eigenvalue weighted by atomic mass is 9.74. The molecule has 0 saturated carbocycles. The summed E-state index contributed by atoms with van der Waals surface area (Å²) < 4.78 is 21.3. The summed E-state index contributed by atoms with van der Waals surface area (Å²) in [7, 11) is -1.92. The zero-order valence-corrected chi connectivity index (χ0v) is 39.6. The zero-order chi connectivity index (χ0) is 41.6. The van der Waals surface area contributed by atoms with Gasteiger partial charge in [-0.1, -0.05) is 180 Å². The Hall–Kier alpha value is -2.51. The summed E-state index contributed by atoms with van der Waals surface area (Å²) in [6.45, 7) is 41.5. The van der Waals surface area contributed by atoms with Crippen molar-refractivity contribution in [3.63, 3.8) is 0 Å². The van der Waals surface area contributed by atoms with Crippen molar-refractivity contribution in [2.75, 3.05) is 0 Å². The molecule has 0 aliphatic rings. The quantitative estimate of drug-likeness (QED) is 0.121. The highest BCUT2D eigenvalue weighted by molar-refractivity contribution is 7.43. The molecule has 3 aromatic rings. The first-order chi connectivity index (χ1) is 25.4. The highest BCUT2D eigenvalue weighted by Gasteiger charge is 2.34. The van der Waals surface area contributed by atoms with Crippen LogP contribution in [0.2, 0.25) is 0 Å². The molecule has 0 aliphatic heterocycles. The molecule has 0 amide bonds. The molecule has 0 aromatic heterocycles. The molecular weight excluding hydrogens is 692 g/mol. The van der Waals surface area contributed by atoms with E-state index in [-0.39, 0.29) is 32.5 Å². The predicted octanol–water partition coefficient (Wildman–Crippen LogP) is 16.7. The van der Waals surface area contributed by atoms with Crippen LogP contribution in [0.25, 0.3) is 0 Å². The third kappa shape index (κ3) is 11.3. The van der Waals surface area contributed by atoms with E-state index >= 15 is 0 Å². The van der Waals surface area contributed by atoms with E-state index in [1.165, 1.54) is 33.4 Å². The summed E-state index contributed by atoms with van der Waals surface area (Å²) >= 11 is 0. The molecule has 3 unspecified atom stereocenters. The van der Waals surface area contributed by atoms with E-state index in [0.29, 0.717) is 0 Å². The molecule has 0 aliphatic carbocycles. The Morgan fingerprint density at radius 3 is 0.800 bits per heavy atom. The Morgan fingerprint density at radius 2 is 0.618 bits per heavy atom. The molecule has 0 heterocycles. The van der Waals surface area contributed by atoms with E-state index in [1.807, 2.05) is 0 Å². The summed E-state index contributed by atoms with van der Waals surface area (Å²) in [6, 6.07) is 20.6. The van der Waals surface area contributed by atoms with Crippen LogP contribution in [0, 0.1) is 0 Å². The van der Waals surface area contributed by atoms with E-state index in [9.17, 15) is 0 Å². The first-order valence-corrected chi connectivity index (χ1v) is 22.8. The Balaban J connectivity index is 2.30. The van der Waals surface area contributed by atoms with Crippen molar-refractivity contribution < 1.29 is 13.6 Å². The summed E-state index contributed by atoms with van der Waals surface area (Å²) in [5, 5.41) is 0. The van der Waals surface area contributed by atoms with Gasteiger partial charge in [-0.05, 0) is 106 Å². The lowest BCUT2D eigenvalue weighted by molar-refractivity contribution is 0.369. The molecule has 0 spiro atoms. The average molecular weight is 773 g/mol. The van der Waals surface area contributed by atoms with Crippen LogP contribution in [0.1, 0.15) is 216 Å². The minimum atomic E-state index is -1.92. The Morgan fingerprint density at radius 1 is 0.382 bits per heavy atom. The second kappa shape index (κ2) is 18.4. The van der Waals surface area contributed by atoms with Gasteiger partial charge in [-0.2, -0.15) is 0 Å². The van der Waals surface area contributed by atoms with Crippen molar-refractivity contribution in [3.8, 4) is 17.2 Å². The standard InChI is InChI=1S/C51H81O3P/c1-19-31-49(16,22-4)37-25-28-43(40(34-37)46(7,8)9)52-55(53-44-29-26-38(35-41(44)47(10,11)12)50(17,23-5)32-20-2)54-45-30-27-39(36-42(45)48(13,14)15)51(18,24-6)33-21-3/h25-30,34-36H,19-24,31-33H2,1-18H3. The molecule has 0 radical (unpaired) electrons. The molecule has 3 aromatic carbocycles. The second-order valence-corrected chi connectivity index (χ2v) is 21.4. The Kier molecular flexibility index (Phi) is 15.7. The molecule has 3 rings (SSSR count). The van der Waals surface area contributed by atoms with Crippen LogP contribution >= 0.6 is 8.60 Å². The maximum Gasteiger partial charge on any atom is 0.530 e. The van der Waals surface area contributed by atoms with Crippen LogP contribution in [0.5, 0.6) is 17.2 Å². The zero-order valence-electron chi connectivity index (χ0n) is 38.7. The number of benzene rings is 3. The van der Waals surface area contributed by atoms with Gasteiger partial charge in [-0.15, -0.1) is 0 Å². The predicted molar refractivity (Wildman–Crippen MR) is 242 cm³/mol. The van der Waals surface area contributed by atoms with Gasteiger partial charge in [0.25, 0.3) is 0 Å². The summed E-state index contributed by atoms with van der Waals surface area (Å²) in [5.74, 6) is 2.47. The van der Waals surface area contributed by atoms with Crippen molar-refractivity contribution in [3.05, 3.63) is 88.0 Å². The molecule has 308 valence electrons. The minimum absolute atomic E-state index is 0.104. The molecule has 3 nitrogen and oxygen atoms in total. The van der Waals surface area contributed by atoms with E-state index in [4.69, 9.17) is 13.6 Å². The molecule has 4 heteroatoms. The molecular formula is C51H81O3P. The van der Waals surface area contributed by atoms with Crippen LogP contribution in [-0.4, -0.2) is 0 Å². The largest absolute Gasteiger partial charge is 0.530 e. The third-order valence-electron chi connectivity index (χ3n) is 12.7. The van der Waals surface area contributed by atoms with E-state index in [2.05, 4.69) is 179 Å². The van der Waals surface area contributed by atoms with E-state index < -0.39 is 8.60 Å². The summed E-state index contributed by atoms with van der Waals surface area (Å²) in [4.78, 5) is 0. The fourth-order valence-electron chi connectivity index (χ4n) is 8.24. The Labute approximate surface area is 341 Å². The van der Waals surface area contributed by atoms with Gasteiger partial charge in [0.15, 0.2) is 0 Å². The van der Waals surface area contributed by atoms with Crippen LogP contribution in [0.3, 0.4) is 0 Å². The van der Waals surface area contributed by atoms with Gasteiger partial charge in [-0.25, -0.2) is 0 Å². The van der Waals surface area contributed by atoms with Gasteiger partial charge in [0.2, 0.25) is 0 Å². The van der Waals surface area contributed by atoms with Crippen LogP contribution in [0.4, 0.5) is 0 Å². The van der Waals surface area contributed by atoms with Crippen molar-refractivity contribution >= 4 is 8.60 Å². The van der Waals surface area contributed by atoms with Crippen molar-refractivity contribution in [1.82, 2.24) is 0 Å². The third-order valence-corrected chi connectivity index (χ3v) is 13.8. The van der Waals surface area contributed by atoms with Gasteiger partial charge < -0.3 is 13.6 Å². The Bertz CT molecular complexity index is 1490. The summed E-state index contributed by atoms with van der Waals surface area (Å²) in [6.07, 6.45) is 10.2. The molecule has 0 bridgehead atoms. The van der Waals surface area contributed by atoms with E-state index in [0.717, 1.165) is 75.0 Å². The lowest BCUT2D eigenvalue weighted by Gasteiger charge is -2.34. The normalized spacial score (nSPS) is 16.5. The van der Waals surface area contributed by atoms with Crippen LogP contribution < -0.4 is 13.6 Å². The minimum Gasteiger partial charge on any atom is -0.408 e. The second-order valence-electron chi connectivity index (χ2n) is 20.4. The highest BCUT2D eigenvalue weighted by atomic mass is 31.2. The smallest absolute Gasteiger partial charge is 0.408 e. The lowest BCUT2D eigenvalue weighted by Crippen LogP contribution is -2.23. The molecule has 3 atom stereocenters. The SMILES string of the molecule is CCCC(C)(CC)c1ccc(OP(Oc2ccc(C(C)(CC)CCC)cc2C(C)(C)C)Oc2ccc(C(C)(CC)CCC)cc2C(C)(C)C)c(C(C)(C)C)c1. The number of hydrogen-bond acceptors (Lipinski definition) is 3. The number of rotatable bonds is 18. The van der Waals surface area contributed by atoms with Gasteiger partial charge in [0.05, 0.1) is 0 Å². The van der Waals surface area contributed by atoms with Crippen molar-refractivity contribution in [2.24, 2.45) is 0 Å². The van der Waals surface area contributed by atoms with Crippen LogP contribution in [0.15, 0.2) is 54.6 Å². The first kappa shape index (κ1) is 46.9.